The molecule has 0 radical (unpaired) electrons. The van der Waals surface area contributed by atoms with E-state index in [-0.39, 0.29) is 5.82 Å². The quantitative estimate of drug-likeness (QED) is 0.683. The maximum absolute atomic E-state index is 13.3. The predicted octanol–water partition coefficient (Wildman–Crippen LogP) is 5.91. The number of rotatable bonds is 5. The molecule has 0 aliphatic carbocycles. The van der Waals surface area contributed by atoms with Crippen LogP contribution in [0.3, 0.4) is 0 Å². The highest BCUT2D eigenvalue weighted by Gasteiger charge is 2.10. The van der Waals surface area contributed by atoms with Crippen molar-refractivity contribution in [1.82, 2.24) is 0 Å². The van der Waals surface area contributed by atoms with Crippen LogP contribution in [0, 0.1) is 5.82 Å². The molecule has 0 saturated carbocycles. The van der Waals surface area contributed by atoms with Crippen molar-refractivity contribution in [1.29, 1.82) is 0 Å². The molecule has 0 saturated heterocycles. The number of anilines is 1. The Hall–Kier alpha value is -0.970. The largest absolute Gasteiger partial charge is 0.491 e. The fourth-order valence-electron chi connectivity index (χ4n) is 1.89. The summed E-state index contributed by atoms with van der Waals surface area (Å²) in [5.74, 6) is 0.306. The first-order valence-corrected chi connectivity index (χ1v) is 7.85. The molecular weight excluding hydrogens is 380 g/mol. The fraction of sp³-hybridized carbons (Fsp3) is 0.200. The lowest BCUT2D eigenvalue weighted by atomic mass is 10.2. The van der Waals surface area contributed by atoms with E-state index >= 15 is 0 Å². The van der Waals surface area contributed by atoms with Gasteiger partial charge in [-0.2, -0.15) is 0 Å². The highest BCUT2D eigenvalue weighted by atomic mass is 79.9. The molecule has 0 aliphatic rings. The molecule has 2 aromatic carbocycles. The van der Waals surface area contributed by atoms with Crippen molar-refractivity contribution in [3.63, 3.8) is 0 Å². The molecule has 2 nitrogen and oxygen atoms in total. The fourth-order valence-corrected chi connectivity index (χ4v) is 3.06. The van der Waals surface area contributed by atoms with Crippen LogP contribution >= 0.6 is 39.1 Å². The van der Waals surface area contributed by atoms with Gasteiger partial charge in [-0.15, -0.1) is 0 Å². The van der Waals surface area contributed by atoms with Gasteiger partial charge in [-0.05, 0) is 58.7 Å². The van der Waals surface area contributed by atoms with Gasteiger partial charge in [0.2, 0.25) is 0 Å². The maximum Gasteiger partial charge on any atom is 0.156 e. The average molecular weight is 393 g/mol. The first-order valence-electron chi connectivity index (χ1n) is 6.30. The average Bonchev–Trinajstić information content (AvgIpc) is 2.38. The van der Waals surface area contributed by atoms with E-state index in [0.29, 0.717) is 28.9 Å². The van der Waals surface area contributed by atoms with Gasteiger partial charge in [0.15, 0.2) is 5.75 Å². The molecule has 1 N–H and O–H groups in total. The zero-order valence-corrected chi connectivity index (χ0v) is 14.3. The van der Waals surface area contributed by atoms with Crippen LogP contribution in [0.4, 0.5) is 10.1 Å². The van der Waals surface area contributed by atoms with Crippen molar-refractivity contribution in [3.8, 4) is 5.75 Å². The third kappa shape index (κ3) is 4.50. The molecule has 2 aromatic rings. The Kier molecular flexibility index (Phi) is 5.73. The minimum atomic E-state index is -0.364. The monoisotopic (exact) mass is 391 g/mol. The summed E-state index contributed by atoms with van der Waals surface area (Å²) in [6.45, 7) is 2.84. The zero-order chi connectivity index (χ0) is 15.4. The molecule has 0 bridgehead atoms. The summed E-state index contributed by atoms with van der Waals surface area (Å²) in [5, 5.41) is 4.12. The lowest BCUT2D eigenvalue weighted by Gasteiger charge is -2.15. The van der Waals surface area contributed by atoms with Gasteiger partial charge < -0.3 is 10.1 Å². The zero-order valence-electron chi connectivity index (χ0n) is 11.2. The van der Waals surface area contributed by atoms with Crippen LogP contribution < -0.4 is 10.1 Å². The standard InChI is InChI=1S/C15H13BrCl2FNO/c1-2-21-15-13(16)6-11(18)7-14(15)20-8-9-3-10(17)5-12(19)4-9/h3-7,20H,2,8H2,1H3. The van der Waals surface area contributed by atoms with Crippen LogP contribution in [0.25, 0.3) is 0 Å². The van der Waals surface area contributed by atoms with E-state index in [1.807, 2.05) is 6.92 Å². The van der Waals surface area contributed by atoms with Crippen molar-refractivity contribution in [2.45, 2.75) is 13.5 Å². The molecule has 0 amide bonds. The number of hydrogen-bond donors (Lipinski definition) is 1. The third-order valence-electron chi connectivity index (χ3n) is 2.70. The minimum Gasteiger partial charge on any atom is -0.491 e. The van der Waals surface area contributed by atoms with Crippen molar-refractivity contribution in [3.05, 3.63) is 56.2 Å². The Bertz CT molecular complexity index is 632. The number of nitrogens with one attached hydrogen (secondary N) is 1. The number of ether oxygens (including phenoxy) is 1. The Morgan fingerprint density at radius 2 is 1.86 bits per heavy atom. The number of hydrogen-bond acceptors (Lipinski definition) is 2. The highest BCUT2D eigenvalue weighted by molar-refractivity contribution is 9.10. The number of benzene rings is 2. The van der Waals surface area contributed by atoms with Crippen LogP contribution in [-0.4, -0.2) is 6.61 Å². The molecule has 0 aliphatic heterocycles. The molecular formula is C15H13BrCl2FNO. The Balaban J connectivity index is 2.22. The molecule has 21 heavy (non-hydrogen) atoms. The van der Waals surface area contributed by atoms with E-state index < -0.39 is 0 Å². The Morgan fingerprint density at radius 1 is 1.14 bits per heavy atom. The summed E-state index contributed by atoms with van der Waals surface area (Å²) >= 11 is 15.3. The summed E-state index contributed by atoms with van der Waals surface area (Å²) in [6.07, 6.45) is 0. The van der Waals surface area contributed by atoms with Crippen molar-refractivity contribution in [2.24, 2.45) is 0 Å². The molecule has 0 spiro atoms. The van der Waals surface area contributed by atoms with E-state index in [1.54, 1.807) is 18.2 Å². The summed E-state index contributed by atoms with van der Waals surface area (Å²) in [7, 11) is 0. The molecule has 112 valence electrons. The lowest BCUT2D eigenvalue weighted by molar-refractivity contribution is 0.339. The summed E-state index contributed by atoms with van der Waals surface area (Å²) in [6, 6.07) is 7.93. The van der Waals surface area contributed by atoms with E-state index in [0.717, 1.165) is 15.7 Å². The predicted molar refractivity (Wildman–Crippen MR) is 89.1 cm³/mol. The second-order valence-electron chi connectivity index (χ2n) is 4.33. The van der Waals surface area contributed by atoms with Crippen molar-refractivity contribution < 1.29 is 9.13 Å². The van der Waals surface area contributed by atoms with Gasteiger partial charge in [-0.25, -0.2) is 4.39 Å². The second-order valence-corrected chi connectivity index (χ2v) is 6.06. The first kappa shape index (κ1) is 16.4. The summed E-state index contributed by atoms with van der Waals surface area (Å²) < 4.78 is 19.7. The minimum absolute atomic E-state index is 0.364. The smallest absolute Gasteiger partial charge is 0.156 e. The van der Waals surface area contributed by atoms with E-state index in [2.05, 4.69) is 21.2 Å². The van der Waals surface area contributed by atoms with Gasteiger partial charge in [-0.3, -0.25) is 0 Å². The maximum atomic E-state index is 13.3. The van der Waals surface area contributed by atoms with Crippen LogP contribution in [-0.2, 0) is 6.54 Å². The molecule has 2 rings (SSSR count). The van der Waals surface area contributed by atoms with Gasteiger partial charge in [0.1, 0.15) is 5.82 Å². The topological polar surface area (TPSA) is 21.3 Å². The first-order chi connectivity index (χ1) is 9.99. The molecule has 0 heterocycles. The van der Waals surface area contributed by atoms with Gasteiger partial charge >= 0.3 is 0 Å². The van der Waals surface area contributed by atoms with E-state index in [1.165, 1.54) is 12.1 Å². The van der Waals surface area contributed by atoms with Crippen LogP contribution in [0.15, 0.2) is 34.8 Å². The highest BCUT2D eigenvalue weighted by Crippen LogP contribution is 2.36. The molecule has 6 heteroatoms. The van der Waals surface area contributed by atoms with E-state index in [9.17, 15) is 4.39 Å². The van der Waals surface area contributed by atoms with Crippen molar-refractivity contribution in [2.75, 3.05) is 11.9 Å². The lowest BCUT2D eigenvalue weighted by Crippen LogP contribution is -2.04. The second kappa shape index (κ2) is 7.34. The molecule has 0 aromatic heterocycles. The summed E-state index contributed by atoms with van der Waals surface area (Å²) in [5.41, 5.74) is 1.47. The molecule has 0 atom stereocenters. The van der Waals surface area contributed by atoms with Gasteiger partial charge in [-0.1, -0.05) is 23.2 Å². The van der Waals surface area contributed by atoms with Gasteiger partial charge in [0.05, 0.1) is 16.8 Å². The van der Waals surface area contributed by atoms with Gasteiger partial charge in [0, 0.05) is 16.6 Å². The van der Waals surface area contributed by atoms with E-state index in [4.69, 9.17) is 27.9 Å². The van der Waals surface area contributed by atoms with Crippen molar-refractivity contribution >= 4 is 44.8 Å². The van der Waals surface area contributed by atoms with Crippen LogP contribution in [0.1, 0.15) is 12.5 Å². The Morgan fingerprint density at radius 3 is 2.52 bits per heavy atom. The summed E-state index contributed by atoms with van der Waals surface area (Å²) in [4.78, 5) is 0. The molecule has 0 unspecified atom stereocenters. The van der Waals surface area contributed by atoms with Crippen LogP contribution in [0.5, 0.6) is 5.75 Å². The van der Waals surface area contributed by atoms with Crippen LogP contribution in [0.2, 0.25) is 10.0 Å². The Labute approximate surface area is 141 Å². The normalized spacial score (nSPS) is 10.5. The SMILES string of the molecule is CCOc1c(Br)cc(Cl)cc1NCc1cc(F)cc(Cl)c1. The number of halogens is 4. The molecule has 0 fully saturated rings. The third-order valence-corrected chi connectivity index (χ3v) is 3.73. The van der Waals surface area contributed by atoms with Gasteiger partial charge in [0.25, 0.3) is 0 Å².